The monoisotopic (exact) mass is 694 g/mol. The lowest BCUT2D eigenvalue weighted by Crippen LogP contribution is -2.69. The number of hydrogen-bond acceptors (Lipinski definition) is 11. The van der Waals surface area contributed by atoms with E-state index in [2.05, 4.69) is 15.6 Å². The lowest BCUT2D eigenvalue weighted by Gasteiger charge is -2.47. The Bertz CT molecular complexity index is 1560. The molecule has 2 amide bonds. The second kappa shape index (κ2) is 17.0. The maximum absolute atomic E-state index is 13.3. The fourth-order valence-electron chi connectivity index (χ4n) is 5.73. The van der Waals surface area contributed by atoms with Crippen molar-refractivity contribution in [3.05, 3.63) is 71.4 Å². The molecule has 1 saturated heterocycles. The highest BCUT2D eigenvalue weighted by Gasteiger charge is 2.55. The molecule has 1 aliphatic heterocycles. The van der Waals surface area contributed by atoms with Crippen molar-refractivity contribution in [2.45, 2.75) is 64.3 Å². The van der Waals surface area contributed by atoms with Crippen LogP contribution in [0.25, 0.3) is 10.4 Å². The van der Waals surface area contributed by atoms with E-state index in [0.717, 1.165) is 28.8 Å². The zero-order chi connectivity index (χ0) is 35.5. The zero-order valence-electron chi connectivity index (χ0n) is 28.5. The number of methoxy groups -OCH3 is 1. The van der Waals surface area contributed by atoms with Crippen molar-refractivity contribution < 1.29 is 38.5 Å². The molecule has 0 radical (unpaired) electrons. The molecule has 0 spiro atoms. The summed E-state index contributed by atoms with van der Waals surface area (Å²) in [6.07, 6.45) is 4.86. The van der Waals surface area contributed by atoms with E-state index < -0.39 is 34.5 Å². The highest BCUT2D eigenvalue weighted by Crippen LogP contribution is 2.37. The highest BCUT2D eigenvalue weighted by molar-refractivity contribution is 7.13. The van der Waals surface area contributed by atoms with Gasteiger partial charge in [0.1, 0.15) is 12.4 Å². The molecule has 0 unspecified atom stereocenters. The first kappa shape index (κ1) is 37.6. The Labute approximate surface area is 291 Å². The number of hydrogen-bond donors (Lipinski definition) is 3. The van der Waals surface area contributed by atoms with Gasteiger partial charge >= 0.3 is 5.97 Å². The zero-order valence-corrected chi connectivity index (χ0v) is 29.3. The third kappa shape index (κ3) is 9.72. The van der Waals surface area contributed by atoms with Crippen LogP contribution in [0.4, 0.5) is 0 Å². The van der Waals surface area contributed by atoms with Gasteiger partial charge in [-0.25, -0.2) is 4.79 Å². The first-order chi connectivity index (χ1) is 23.4. The van der Waals surface area contributed by atoms with E-state index in [9.17, 15) is 24.3 Å². The molecule has 49 heavy (non-hydrogen) atoms. The lowest BCUT2D eigenvalue weighted by atomic mass is 9.79. The molecule has 0 bridgehead atoms. The van der Waals surface area contributed by atoms with Crippen molar-refractivity contribution in [2.24, 2.45) is 5.41 Å². The lowest BCUT2D eigenvalue weighted by molar-refractivity contribution is -0.147. The molecule has 13 heteroatoms. The summed E-state index contributed by atoms with van der Waals surface area (Å²) in [6.45, 7) is 6.39. The molecule has 2 heterocycles. The molecule has 1 fully saturated rings. The topological polar surface area (TPSA) is 156 Å². The van der Waals surface area contributed by atoms with Gasteiger partial charge in [0, 0.05) is 37.9 Å². The van der Waals surface area contributed by atoms with Crippen molar-refractivity contribution in [3.8, 4) is 16.2 Å². The quantitative estimate of drug-likeness (QED) is 0.107. The Morgan fingerprint density at radius 2 is 1.84 bits per heavy atom. The molecule has 0 saturated carbocycles. The van der Waals surface area contributed by atoms with Gasteiger partial charge in [-0.1, -0.05) is 39.0 Å². The Balaban J connectivity index is 1.22. The third-order valence-corrected chi connectivity index (χ3v) is 9.44. The number of thiazole rings is 1. The van der Waals surface area contributed by atoms with Crippen LogP contribution in [0.3, 0.4) is 0 Å². The number of nitrogens with zero attached hydrogens (tertiary/aromatic N) is 2. The van der Waals surface area contributed by atoms with E-state index in [1.54, 1.807) is 40.9 Å². The van der Waals surface area contributed by atoms with Gasteiger partial charge in [-0.15, -0.1) is 11.3 Å². The molecule has 12 nitrogen and oxygen atoms in total. The summed E-state index contributed by atoms with van der Waals surface area (Å²) in [5.74, 6) is -0.755. The van der Waals surface area contributed by atoms with E-state index in [-0.39, 0.29) is 32.7 Å². The van der Waals surface area contributed by atoms with Crippen LogP contribution in [0.5, 0.6) is 5.75 Å². The third-order valence-electron chi connectivity index (χ3n) is 8.62. The van der Waals surface area contributed by atoms with Crippen molar-refractivity contribution in [2.75, 3.05) is 40.0 Å². The van der Waals surface area contributed by atoms with Crippen LogP contribution in [0.2, 0.25) is 0 Å². The average Bonchev–Trinajstić information content (AvgIpc) is 3.78. The molecule has 2 aromatic carbocycles. The largest absolute Gasteiger partial charge is 0.494 e. The van der Waals surface area contributed by atoms with Crippen molar-refractivity contribution >= 4 is 35.4 Å². The fraction of sp³-hybridized carbons (Fsp3) is 0.472. The van der Waals surface area contributed by atoms with Gasteiger partial charge in [-0.05, 0) is 67.1 Å². The van der Waals surface area contributed by atoms with Gasteiger partial charge in [-0.3, -0.25) is 24.3 Å². The van der Waals surface area contributed by atoms with Crippen LogP contribution in [-0.4, -0.2) is 90.3 Å². The summed E-state index contributed by atoms with van der Waals surface area (Å²) in [6, 6.07) is 14.5. The maximum Gasteiger partial charge on any atom is 0.337 e. The molecular weight excluding hydrogens is 648 g/mol. The number of likely N-dealkylation sites (tertiary alicyclic amines) is 1. The normalized spacial score (nSPS) is 17.6. The van der Waals surface area contributed by atoms with Crippen LogP contribution < -0.4 is 15.4 Å². The molecule has 2 atom stereocenters. The number of aldehydes is 1. The van der Waals surface area contributed by atoms with Gasteiger partial charge in [0.2, 0.25) is 5.91 Å². The molecule has 3 aromatic rings. The van der Waals surface area contributed by atoms with Crippen molar-refractivity contribution in [1.82, 2.24) is 20.5 Å². The number of aliphatic hydroxyl groups is 1. The van der Waals surface area contributed by atoms with Crippen LogP contribution in [0, 0.1) is 5.41 Å². The summed E-state index contributed by atoms with van der Waals surface area (Å²) in [5.41, 5.74) is 0.0850. The summed E-state index contributed by atoms with van der Waals surface area (Å²) >= 11 is 1.52. The van der Waals surface area contributed by atoms with E-state index in [1.165, 1.54) is 18.4 Å². The number of nitrogens with one attached hydrogen (secondary N) is 2. The number of carbonyl (C=O) groups is 4. The van der Waals surface area contributed by atoms with E-state index in [4.69, 9.17) is 14.2 Å². The predicted molar refractivity (Wildman–Crippen MR) is 185 cm³/mol. The second-order valence-corrected chi connectivity index (χ2v) is 14.0. The Kier molecular flexibility index (Phi) is 13.0. The molecule has 3 N–H and O–H groups in total. The number of rotatable bonds is 17. The number of esters is 1. The van der Waals surface area contributed by atoms with Crippen LogP contribution in [0.1, 0.15) is 62.4 Å². The standard InChI is InChI=1S/C36H46N4O8S/c1-34(2,3)36(24-41,39-31(42)22-47-17-6-5-7-18-48-29-13-11-27(12-14-29)32(43)46-4)40-16-15-35(45,23-40)33(44)38-20-26-9-8-10-28(19-26)30-21-37-25-49-30/h8-14,19,21,24-25,45H,5-7,15-18,20,22-23H2,1-4H3,(H,38,44)(H,39,42)/t35-,36-/m1/s1. The Morgan fingerprint density at radius 1 is 1.08 bits per heavy atom. The SMILES string of the molecule is COC(=O)c1ccc(OCCCCCOCC(=O)N[C@](C=O)(N2CC[C@](O)(C(=O)NCc3cccc(-c4cncs4)c3)C2)C(C)(C)C)cc1. The summed E-state index contributed by atoms with van der Waals surface area (Å²) < 4.78 is 16.0. The first-order valence-corrected chi connectivity index (χ1v) is 17.2. The van der Waals surface area contributed by atoms with Crippen molar-refractivity contribution in [3.63, 3.8) is 0 Å². The smallest absolute Gasteiger partial charge is 0.337 e. The van der Waals surface area contributed by atoms with E-state index >= 15 is 0 Å². The van der Waals surface area contributed by atoms with E-state index in [1.807, 2.05) is 45.0 Å². The highest BCUT2D eigenvalue weighted by atomic mass is 32.1. The number of ether oxygens (including phenoxy) is 3. The minimum Gasteiger partial charge on any atom is -0.494 e. The molecule has 0 aliphatic carbocycles. The predicted octanol–water partition coefficient (Wildman–Crippen LogP) is 3.97. The number of amides is 2. The van der Waals surface area contributed by atoms with Crippen LogP contribution in [-0.2, 0) is 30.4 Å². The molecule has 1 aliphatic rings. The van der Waals surface area contributed by atoms with Gasteiger partial charge in [-0.2, -0.15) is 0 Å². The molecule has 4 rings (SSSR count). The van der Waals surface area contributed by atoms with Crippen LogP contribution in [0.15, 0.2) is 60.2 Å². The maximum atomic E-state index is 13.3. The van der Waals surface area contributed by atoms with E-state index in [0.29, 0.717) is 37.2 Å². The second-order valence-electron chi connectivity index (χ2n) is 13.1. The number of β-amino-alcohol motifs (C(OH)–C–C–N with tert-alkyl or cyclic N) is 1. The molecule has 1 aromatic heterocycles. The van der Waals surface area contributed by atoms with Gasteiger partial charge in [0.25, 0.3) is 5.91 Å². The number of aromatic nitrogens is 1. The number of unbranched alkanes of at least 4 members (excludes halogenated alkanes) is 2. The minimum atomic E-state index is -1.74. The van der Waals surface area contributed by atoms with Gasteiger partial charge in [0.05, 0.1) is 29.7 Å². The summed E-state index contributed by atoms with van der Waals surface area (Å²) in [7, 11) is 1.33. The summed E-state index contributed by atoms with van der Waals surface area (Å²) in [5, 5.41) is 17.1. The molecular formula is C36H46N4O8S. The van der Waals surface area contributed by atoms with Crippen LogP contribution >= 0.6 is 11.3 Å². The first-order valence-electron chi connectivity index (χ1n) is 16.3. The van der Waals surface area contributed by atoms with Gasteiger partial charge in [0.15, 0.2) is 17.6 Å². The Hall–Kier alpha value is -4.17. The van der Waals surface area contributed by atoms with Gasteiger partial charge < -0.3 is 30.0 Å². The minimum absolute atomic E-state index is 0.0975. The summed E-state index contributed by atoms with van der Waals surface area (Å²) in [4.78, 5) is 57.4. The number of carbonyl (C=O) groups excluding carboxylic acids is 4. The van der Waals surface area contributed by atoms with Crippen molar-refractivity contribution in [1.29, 1.82) is 0 Å². The molecule has 264 valence electrons. The Morgan fingerprint density at radius 3 is 2.51 bits per heavy atom. The average molecular weight is 695 g/mol. The fourth-order valence-corrected chi connectivity index (χ4v) is 6.35. The number of benzene rings is 2.